The van der Waals surface area contributed by atoms with Crippen molar-refractivity contribution in [2.45, 2.75) is 19.3 Å². The molecule has 0 bridgehead atoms. The summed E-state index contributed by atoms with van der Waals surface area (Å²) in [5.41, 5.74) is 3.86. The van der Waals surface area contributed by atoms with Gasteiger partial charge in [0.05, 0.1) is 11.4 Å². The van der Waals surface area contributed by atoms with Crippen LogP contribution in [0.5, 0.6) is 0 Å². The van der Waals surface area contributed by atoms with Crippen molar-refractivity contribution in [1.29, 1.82) is 0 Å². The zero-order chi connectivity index (χ0) is 16.5. The largest absolute Gasteiger partial charge is 0.338 e. The van der Waals surface area contributed by atoms with Crippen molar-refractivity contribution in [3.8, 4) is 11.4 Å². The van der Waals surface area contributed by atoms with Gasteiger partial charge in [0.25, 0.3) is 0 Å². The van der Waals surface area contributed by atoms with Gasteiger partial charge in [-0.15, -0.1) is 5.10 Å². The molecular formula is C18H17N5O. The summed E-state index contributed by atoms with van der Waals surface area (Å²) in [4.78, 5) is 4.62. The van der Waals surface area contributed by atoms with Gasteiger partial charge in [-0.2, -0.15) is 4.98 Å². The predicted molar refractivity (Wildman–Crippen MR) is 90.4 cm³/mol. The SMILES string of the molecule is CC[C@H](c1ccccc1)c1nc(-c2ccc3nnn(C)c3c2)no1. The fraction of sp³-hybridized carbons (Fsp3) is 0.222. The molecule has 0 fully saturated rings. The van der Waals surface area contributed by atoms with Crippen molar-refractivity contribution in [2.75, 3.05) is 0 Å². The Morgan fingerprint density at radius 2 is 1.96 bits per heavy atom. The number of aryl methyl sites for hydroxylation is 1. The number of hydrogen-bond donors (Lipinski definition) is 0. The molecule has 0 saturated carbocycles. The zero-order valence-corrected chi connectivity index (χ0v) is 13.5. The Bertz CT molecular complexity index is 973. The van der Waals surface area contributed by atoms with Crippen LogP contribution in [0.3, 0.4) is 0 Å². The minimum absolute atomic E-state index is 0.106. The molecule has 6 nitrogen and oxygen atoms in total. The van der Waals surface area contributed by atoms with Crippen molar-refractivity contribution < 1.29 is 4.52 Å². The van der Waals surface area contributed by atoms with E-state index >= 15 is 0 Å². The Balaban J connectivity index is 1.71. The van der Waals surface area contributed by atoms with Crippen LogP contribution < -0.4 is 0 Å². The molecule has 1 atom stereocenters. The molecule has 0 saturated heterocycles. The first kappa shape index (κ1) is 14.6. The molecule has 4 aromatic rings. The molecule has 120 valence electrons. The Kier molecular flexibility index (Phi) is 3.57. The number of nitrogens with zero attached hydrogens (tertiary/aromatic N) is 5. The summed E-state index contributed by atoms with van der Waals surface area (Å²) in [6.45, 7) is 2.12. The number of benzene rings is 2. The lowest BCUT2D eigenvalue weighted by molar-refractivity contribution is 0.363. The highest BCUT2D eigenvalue weighted by molar-refractivity contribution is 5.79. The van der Waals surface area contributed by atoms with Crippen molar-refractivity contribution in [1.82, 2.24) is 25.1 Å². The van der Waals surface area contributed by atoms with Gasteiger partial charge in [0, 0.05) is 12.6 Å². The van der Waals surface area contributed by atoms with E-state index in [0.717, 1.165) is 23.0 Å². The molecule has 6 heteroatoms. The first-order valence-electron chi connectivity index (χ1n) is 7.94. The highest BCUT2D eigenvalue weighted by atomic mass is 16.5. The van der Waals surface area contributed by atoms with Crippen molar-refractivity contribution in [3.05, 3.63) is 60.0 Å². The van der Waals surface area contributed by atoms with Crippen LogP contribution in [0.1, 0.15) is 30.7 Å². The molecule has 0 N–H and O–H groups in total. The fourth-order valence-electron chi connectivity index (χ4n) is 2.90. The lowest BCUT2D eigenvalue weighted by Crippen LogP contribution is -1.99. The average Bonchev–Trinajstić information content (AvgIpc) is 3.24. The van der Waals surface area contributed by atoms with Crippen LogP contribution in [-0.4, -0.2) is 25.1 Å². The molecule has 0 unspecified atom stereocenters. The van der Waals surface area contributed by atoms with Crippen LogP contribution in [0, 0.1) is 0 Å². The van der Waals surface area contributed by atoms with E-state index in [1.165, 1.54) is 5.56 Å². The normalized spacial score (nSPS) is 12.6. The van der Waals surface area contributed by atoms with Gasteiger partial charge < -0.3 is 4.52 Å². The highest BCUT2D eigenvalue weighted by Gasteiger charge is 2.20. The molecule has 0 radical (unpaired) electrons. The molecule has 0 spiro atoms. The third-order valence-corrected chi connectivity index (χ3v) is 4.22. The summed E-state index contributed by atoms with van der Waals surface area (Å²) in [6, 6.07) is 16.1. The summed E-state index contributed by atoms with van der Waals surface area (Å²) in [7, 11) is 1.86. The third kappa shape index (κ3) is 2.46. The first-order valence-corrected chi connectivity index (χ1v) is 7.94. The molecule has 24 heavy (non-hydrogen) atoms. The van der Waals surface area contributed by atoms with Crippen LogP contribution in [-0.2, 0) is 7.05 Å². The number of fused-ring (bicyclic) bond motifs is 1. The second-order valence-electron chi connectivity index (χ2n) is 5.74. The van der Waals surface area contributed by atoms with Gasteiger partial charge in [-0.25, -0.2) is 4.68 Å². The van der Waals surface area contributed by atoms with Crippen molar-refractivity contribution in [2.24, 2.45) is 7.05 Å². The van der Waals surface area contributed by atoms with E-state index in [-0.39, 0.29) is 5.92 Å². The van der Waals surface area contributed by atoms with Crippen molar-refractivity contribution in [3.63, 3.8) is 0 Å². The lowest BCUT2D eigenvalue weighted by atomic mass is 9.96. The molecule has 0 aliphatic heterocycles. The summed E-state index contributed by atoms with van der Waals surface area (Å²) >= 11 is 0. The maximum absolute atomic E-state index is 5.55. The summed E-state index contributed by atoms with van der Waals surface area (Å²) in [5, 5.41) is 12.3. The Morgan fingerprint density at radius 1 is 1.12 bits per heavy atom. The standard InChI is InChI=1S/C18H17N5O/c1-3-14(12-7-5-4-6-8-12)18-19-17(21-24-18)13-9-10-15-16(11-13)23(2)22-20-15/h4-11,14H,3H2,1-2H3/t14-/m1/s1. The Morgan fingerprint density at radius 3 is 2.75 bits per heavy atom. The molecule has 2 aromatic heterocycles. The minimum Gasteiger partial charge on any atom is -0.338 e. The van der Waals surface area contributed by atoms with Crippen LogP contribution in [0.25, 0.3) is 22.4 Å². The molecule has 4 rings (SSSR count). The molecule has 0 amide bonds. The number of rotatable bonds is 4. The van der Waals surface area contributed by atoms with Gasteiger partial charge in [-0.05, 0) is 30.2 Å². The zero-order valence-electron chi connectivity index (χ0n) is 13.5. The lowest BCUT2D eigenvalue weighted by Gasteiger charge is -2.09. The van der Waals surface area contributed by atoms with Crippen molar-refractivity contribution >= 4 is 11.0 Å². The van der Waals surface area contributed by atoms with Crippen LogP contribution in [0.2, 0.25) is 0 Å². The molecule has 0 aliphatic rings. The smallest absolute Gasteiger partial charge is 0.234 e. The topological polar surface area (TPSA) is 69.6 Å². The second kappa shape index (κ2) is 5.88. The fourth-order valence-corrected chi connectivity index (χ4v) is 2.90. The van der Waals surface area contributed by atoms with Gasteiger partial charge in [0.2, 0.25) is 11.7 Å². The molecule has 0 aliphatic carbocycles. The van der Waals surface area contributed by atoms with Crippen LogP contribution in [0.15, 0.2) is 53.1 Å². The summed E-state index contributed by atoms with van der Waals surface area (Å²) in [6.07, 6.45) is 0.899. The van der Waals surface area contributed by atoms with Gasteiger partial charge in [0.1, 0.15) is 5.52 Å². The maximum Gasteiger partial charge on any atom is 0.234 e. The molecule has 2 heterocycles. The van der Waals surface area contributed by atoms with E-state index in [9.17, 15) is 0 Å². The third-order valence-electron chi connectivity index (χ3n) is 4.22. The summed E-state index contributed by atoms with van der Waals surface area (Å²) < 4.78 is 7.29. The number of hydrogen-bond acceptors (Lipinski definition) is 5. The van der Waals surface area contributed by atoms with Crippen LogP contribution in [0.4, 0.5) is 0 Å². The highest BCUT2D eigenvalue weighted by Crippen LogP contribution is 2.28. The quantitative estimate of drug-likeness (QED) is 0.575. The van der Waals surface area contributed by atoms with Crippen LogP contribution >= 0.6 is 0 Å². The molecular weight excluding hydrogens is 302 g/mol. The maximum atomic E-state index is 5.55. The van der Waals surface area contributed by atoms with Gasteiger partial charge in [0.15, 0.2) is 0 Å². The average molecular weight is 319 g/mol. The Hall–Kier alpha value is -3.02. The minimum atomic E-state index is 0.106. The van der Waals surface area contributed by atoms with E-state index in [0.29, 0.717) is 11.7 Å². The number of aromatic nitrogens is 5. The van der Waals surface area contributed by atoms with E-state index in [1.807, 2.05) is 43.4 Å². The Labute approximate surface area is 139 Å². The van der Waals surface area contributed by atoms with E-state index in [2.05, 4.69) is 39.5 Å². The predicted octanol–water partition coefficient (Wildman–Crippen LogP) is 3.56. The monoisotopic (exact) mass is 319 g/mol. The van der Waals surface area contributed by atoms with Gasteiger partial charge >= 0.3 is 0 Å². The van der Waals surface area contributed by atoms with Gasteiger partial charge in [-0.3, -0.25) is 0 Å². The second-order valence-corrected chi connectivity index (χ2v) is 5.74. The van der Waals surface area contributed by atoms with E-state index < -0.39 is 0 Å². The first-order chi connectivity index (χ1) is 11.8. The van der Waals surface area contributed by atoms with E-state index in [4.69, 9.17) is 4.52 Å². The van der Waals surface area contributed by atoms with E-state index in [1.54, 1.807) is 4.68 Å². The molecule has 2 aromatic carbocycles. The summed E-state index contributed by atoms with van der Waals surface area (Å²) in [5.74, 6) is 1.33. The van der Waals surface area contributed by atoms with Gasteiger partial charge in [-0.1, -0.05) is 47.6 Å².